The van der Waals surface area contributed by atoms with Crippen LogP contribution in [0.2, 0.25) is 0 Å². The van der Waals surface area contributed by atoms with E-state index in [-0.39, 0.29) is 6.61 Å². The van der Waals surface area contributed by atoms with Gasteiger partial charge in [0, 0.05) is 11.6 Å². The molecule has 0 saturated heterocycles. The summed E-state index contributed by atoms with van der Waals surface area (Å²) in [6.07, 6.45) is 4.64. The van der Waals surface area contributed by atoms with Gasteiger partial charge in [0.2, 0.25) is 5.89 Å². The standard InChI is InChI=1S/C20H17NO4/c1-23-17-9-5-6-15(12-17)10-11-20(22)24-14-19-21-13-18(25-19)16-7-3-2-4-8-16/h2-13H,14H2,1H3/b11-10+. The van der Waals surface area contributed by atoms with Crippen molar-refractivity contribution in [2.45, 2.75) is 6.61 Å². The zero-order valence-corrected chi connectivity index (χ0v) is 13.7. The van der Waals surface area contributed by atoms with Crippen molar-refractivity contribution in [3.63, 3.8) is 0 Å². The smallest absolute Gasteiger partial charge is 0.331 e. The first-order valence-corrected chi connectivity index (χ1v) is 7.73. The van der Waals surface area contributed by atoms with Crippen LogP contribution >= 0.6 is 0 Å². The number of hydrogen-bond acceptors (Lipinski definition) is 5. The van der Waals surface area contributed by atoms with Crippen LogP contribution in [0.3, 0.4) is 0 Å². The van der Waals surface area contributed by atoms with Crippen LogP contribution in [0, 0.1) is 0 Å². The van der Waals surface area contributed by atoms with Gasteiger partial charge in [-0.05, 0) is 23.8 Å². The van der Waals surface area contributed by atoms with E-state index < -0.39 is 5.97 Å². The molecular weight excluding hydrogens is 318 g/mol. The van der Waals surface area contributed by atoms with E-state index in [1.165, 1.54) is 6.08 Å². The van der Waals surface area contributed by atoms with Crippen molar-refractivity contribution < 1.29 is 18.7 Å². The molecule has 0 aliphatic rings. The highest BCUT2D eigenvalue weighted by molar-refractivity contribution is 5.87. The molecule has 0 fully saturated rings. The van der Waals surface area contributed by atoms with Gasteiger partial charge in [-0.3, -0.25) is 0 Å². The summed E-state index contributed by atoms with van der Waals surface area (Å²) in [5.74, 6) is 1.24. The highest BCUT2D eigenvalue weighted by Gasteiger charge is 2.07. The summed E-state index contributed by atoms with van der Waals surface area (Å²) >= 11 is 0. The van der Waals surface area contributed by atoms with E-state index in [1.807, 2.05) is 54.6 Å². The fourth-order valence-corrected chi connectivity index (χ4v) is 2.20. The van der Waals surface area contributed by atoms with Gasteiger partial charge in [0.1, 0.15) is 5.75 Å². The zero-order valence-electron chi connectivity index (χ0n) is 13.7. The molecule has 1 heterocycles. The Balaban J connectivity index is 1.55. The number of hydrogen-bond donors (Lipinski definition) is 0. The number of benzene rings is 2. The quantitative estimate of drug-likeness (QED) is 0.501. The summed E-state index contributed by atoms with van der Waals surface area (Å²) < 4.78 is 15.9. The van der Waals surface area contributed by atoms with Gasteiger partial charge in [-0.25, -0.2) is 9.78 Å². The van der Waals surface area contributed by atoms with Gasteiger partial charge >= 0.3 is 5.97 Å². The third-order valence-corrected chi connectivity index (χ3v) is 3.46. The lowest BCUT2D eigenvalue weighted by molar-refractivity contribution is -0.139. The number of rotatable bonds is 6. The summed E-state index contributed by atoms with van der Waals surface area (Å²) in [6, 6.07) is 17.0. The number of oxazole rings is 1. The Bertz CT molecular complexity index is 868. The van der Waals surface area contributed by atoms with Crippen LogP contribution in [0.15, 0.2) is 71.3 Å². The Morgan fingerprint density at radius 3 is 2.80 bits per heavy atom. The second-order valence-electron chi connectivity index (χ2n) is 5.20. The van der Waals surface area contributed by atoms with E-state index in [0.717, 1.165) is 16.9 Å². The van der Waals surface area contributed by atoms with Crippen molar-refractivity contribution in [1.29, 1.82) is 0 Å². The van der Waals surface area contributed by atoms with Crippen LogP contribution in [-0.4, -0.2) is 18.1 Å². The van der Waals surface area contributed by atoms with Crippen molar-refractivity contribution >= 4 is 12.0 Å². The molecule has 0 radical (unpaired) electrons. The summed E-state index contributed by atoms with van der Waals surface area (Å²) in [6.45, 7) is -0.0197. The molecule has 0 aliphatic heterocycles. The van der Waals surface area contributed by atoms with E-state index >= 15 is 0 Å². The summed E-state index contributed by atoms with van der Waals surface area (Å²) in [7, 11) is 1.59. The fraction of sp³-hybridized carbons (Fsp3) is 0.100. The largest absolute Gasteiger partial charge is 0.497 e. The van der Waals surface area contributed by atoms with Gasteiger partial charge in [-0.15, -0.1) is 0 Å². The van der Waals surface area contributed by atoms with Crippen molar-refractivity contribution in [3.8, 4) is 17.1 Å². The van der Waals surface area contributed by atoms with E-state index in [2.05, 4.69) is 4.98 Å². The predicted octanol–water partition coefficient (Wildman–Crippen LogP) is 4.11. The van der Waals surface area contributed by atoms with Crippen LogP contribution < -0.4 is 4.74 Å². The molecule has 1 aromatic heterocycles. The molecule has 0 bridgehead atoms. The monoisotopic (exact) mass is 335 g/mol. The van der Waals surface area contributed by atoms with Crippen LogP contribution in [0.4, 0.5) is 0 Å². The fourth-order valence-electron chi connectivity index (χ4n) is 2.20. The number of ether oxygens (including phenoxy) is 2. The minimum Gasteiger partial charge on any atom is -0.497 e. The SMILES string of the molecule is COc1cccc(/C=C/C(=O)OCc2ncc(-c3ccccc3)o2)c1. The third kappa shape index (κ3) is 4.57. The molecule has 0 unspecified atom stereocenters. The van der Waals surface area contributed by atoms with Gasteiger partial charge in [0.15, 0.2) is 12.4 Å². The molecule has 0 saturated carbocycles. The number of carbonyl (C=O) groups is 1. The van der Waals surface area contributed by atoms with Gasteiger partial charge in [0.25, 0.3) is 0 Å². The second kappa shape index (κ2) is 7.97. The predicted molar refractivity (Wildman–Crippen MR) is 93.8 cm³/mol. The van der Waals surface area contributed by atoms with E-state index in [0.29, 0.717) is 11.7 Å². The first kappa shape index (κ1) is 16.5. The first-order valence-electron chi connectivity index (χ1n) is 7.73. The summed E-state index contributed by atoms with van der Waals surface area (Å²) in [5.41, 5.74) is 1.77. The summed E-state index contributed by atoms with van der Waals surface area (Å²) in [4.78, 5) is 15.9. The lowest BCUT2D eigenvalue weighted by Crippen LogP contribution is -2.00. The normalized spacial score (nSPS) is 10.8. The van der Waals surface area contributed by atoms with E-state index in [4.69, 9.17) is 13.9 Å². The minimum absolute atomic E-state index is 0.0197. The molecule has 25 heavy (non-hydrogen) atoms. The van der Waals surface area contributed by atoms with Crippen LogP contribution in [0.1, 0.15) is 11.5 Å². The number of carbonyl (C=O) groups excluding carboxylic acids is 1. The van der Waals surface area contributed by atoms with Crippen LogP contribution in [0.25, 0.3) is 17.4 Å². The van der Waals surface area contributed by atoms with Gasteiger partial charge in [0.05, 0.1) is 13.3 Å². The highest BCUT2D eigenvalue weighted by Crippen LogP contribution is 2.20. The highest BCUT2D eigenvalue weighted by atomic mass is 16.5. The molecular formula is C20H17NO4. The van der Waals surface area contributed by atoms with E-state index in [9.17, 15) is 4.79 Å². The maximum Gasteiger partial charge on any atom is 0.331 e. The maximum absolute atomic E-state index is 11.8. The van der Waals surface area contributed by atoms with Crippen molar-refractivity contribution in [2.24, 2.45) is 0 Å². The van der Waals surface area contributed by atoms with Crippen LogP contribution in [0.5, 0.6) is 5.75 Å². The molecule has 0 N–H and O–H groups in total. The Kier molecular flexibility index (Phi) is 5.26. The maximum atomic E-state index is 11.8. The van der Waals surface area contributed by atoms with Crippen molar-refractivity contribution in [3.05, 3.63) is 78.3 Å². The Labute approximate surface area is 145 Å². The lowest BCUT2D eigenvalue weighted by atomic mass is 10.2. The van der Waals surface area contributed by atoms with Crippen LogP contribution in [-0.2, 0) is 16.1 Å². The Morgan fingerprint density at radius 2 is 2.00 bits per heavy atom. The number of methoxy groups -OCH3 is 1. The Morgan fingerprint density at radius 1 is 1.16 bits per heavy atom. The second-order valence-corrected chi connectivity index (χ2v) is 5.20. The van der Waals surface area contributed by atoms with E-state index in [1.54, 1.807) is 19.4 Å². The lowest BCUT2D eigenvalue weighted by Gasteiger charge is -2.00. The molecule has 0 spiro atoms. The molecule has 0 amide bonds. The topological polar surface area (TPSA) is 61.6 Å². The summed E-state index contributed by atoms with van der Waals surface area (Å²) in [5, 5.41) is 0. The number of nitrogens with zero attached hydrogens (tertiary/aromatic N) is 1. The van der Waals surface area contributed by atoms with Gasteiger partial charge < -0.3 is 13.9 Å². The van der Waals surface area contributed by atoms with Gasteiger partial charge in [-0.1, -0.05) is 42.5 Å². The number of esters is 1. The molecule has 2 aromatic carbocycles. The molecule has 3 rings (SSSR count). The van der Waals surface area contributed by atoms with Crippen molar-refractivity contribution in [1.82, 2.24) is 4.98 Å². The first-order chi connectivity index (χ1) is 12.2. The molecule has 3 aromatic rings. The molecule has 0 aliphatic carbocycles. The molecule has 5 nitrogen and oxygen atoms in total. The molecule has 0 atom stereocenters. The minimum atomic E-state index is -0.470. The van der Waals surface area contributed by atoms with Crippen molar-refractivity contribution in [2.75, 3.05) is 7.11 Å². The average molecular weight is 335 g/mol. The van der Waals surface area contributed by atoms with Gasteiger partial charge in [-0.2, -0.15) is 0 Å². The average Bonchev–Trinajstić information content (AvgIpc) is 3.15. The Hall–Kier alpha value is -3.34. The third-order valence-electron chi connectivity index (χ3n) is 3.46. The molecule has 5 heteroatoms. The molecule has 126 valence electrons. The zero-order chi connectivity index (χ0) is 17.5. The number of aromatic nitrogens is 1.